The Morgan fingerprint density at radius 3 is 2.40 bits per heavy atom. The number of amides is 1. The van der Waals surface area contributed by atoms with Crippen LogP contribution in [0.4, 0.5) is 0 Å². The van der Waals surface area contributed by atoms with Gasteiger partial charge in [-0.2, -0.15) is 0 Å². The molecule has 0 aliphatic carbocycles. The molecule has 0 spiro atoms. The van der Waals surface area contributed by atoms with Gasteiger partial charge >= 0.3 is 0 Å². The maximum atomic E-state index is 12.1. The number of aliphatic hydroxyl groups is 1. The van der Waals surface area contributed by atoms with Crippen LogP contribution in [0.5, 0.6) is 5.75 Å². The van der Waals surface area contributed by atoms with E-state index in [2.05, 4.69) is 19.2 Å². The van der Waals surface area contributed by atoms with Gasteiger partial charge in [-0.15, -0.1) is 0 Å². The Labute approximate surface area is 121 Å². The maximum absolute atomic E-state index is 12.1. The lowest BCUT2D eigenvalue weighted by atomic mass is 9.99. The molecule has 20 heavy (non-hydrogen) atoms. The van der Waals surface area contributed by atoms with Crippen LogP contribution in [-0.2, 0) is 0 Å². The first-order valence-electron chi connectivity index (χ1n) is 7.06. The molecule has 1 aromatic rings. The van der Waals surface area contributed by atoms with Crippen LogP contribution >= 0.6 is 0 Å². The molecule has 0 saturated heterocycles. The zero-order chi connectivity index (χ0) is 15.2. The zero-order valence-electron chi connectivity index (χ0n) is 12.8. The first-order valence-corrected chi connectivity index (χ1v) is 7.06. The molecule has 1 amide bonds. The van der Waals surface area contributed by atoms with Crippen molar-refractivity contribution >= 4 is 5.91 Å². The van der Waals surface area contributed by atoms with Gasteiger partial charge in [-0.05, 0) is 43.5 Å². The minimum Gasteiger partial charge on any atom is -0.493 e. The van der Waals surface area contributed by atoms with Crippen molar-refractivity contribution in [3.8, 4) is 5.75 Å². The molecule has 112 valence electrons. The summed E-state index contributed by atoms with van der Waals surface area (Å²) in [6, 6.07) is 7.05. The molecule has 1 rings (SSSR count). The van der Waals surface area contributed by atoms with Crippen molar-refractivity contribution < 1.29 is 14.6 Å². The van der Waals surface area contributed by atoms with Crippen LogP contribution < -0.4 is 10.1 Å². The van der Waals surface area contributed by atoms with E-state index in [0.29, 0.717) is 24.5 Å². The molecule has 0 heterocycles. The van der Waals surface area contributed by atoms with Crippen molar-refractivity contribution in [3.63, 3.8) is 0 Å². The molecule has 0 radical (unpaired) electrons. The summed E-state index contributed by atoms with van der Waals surface area (Å²) >= 11 is 0. The third-order valence-electron chi connectivity index (χ3n) is 3.24. The van der Waals surface area contributed by atoms with Gasteiger partial charge in [-0.1, -0.05) is 20.8 Å². The Kier molecular flexibility index (Phi) is 6.02. The van der Waals surface area contributed by atoms with E-state index in [-0.39, 0.29) is 12.5 Å². The molecule has 0 aliphatic rings. The largest absolute Gasteiger partial charge is 0.493 e. The number of benzene rings is 1. The van der Waals surface area contributed by atoms with Crippen LogP contribution in [-0.4, -0.2) is 29.8 Å². The lowest BCUT2D eigenvalue weighted by Crippen LogP contribution is -2.48. The number of hydrogen-bond donors (Lipinski definition) is 2. The van der Waals surface area contributed by atoms with E-state index in [1.807, 2.05) is 13.8 Å². The first kappa shape index (κ1) is 16.5. The molecule has 1 aromatic carbocycles. The fourth-order valence-electron chi connectivity index (χ4n) is 1.55. The van der Waals surface area contributed by atoms with E-state index in [4.69, 9.17) is 4.74 Å². The lowest BCUT2D eigenvalue weighted by Gasteiger charge is -2.27. The Morgan fingerprint density at radius 1 is 1.35 bits per heavy atom. The van der Waals surface area contributed by atoms with Crippen LogP contribution in [0.2, 0.25) is 0 Å². The van der Waals surface area contributed by atoms with Crippen molar-refractivity contribution in [3.05, 3.63) is 29.8 Å². The zero-order valence-corrected chi connectivity index (χ0v) is 12.8. The Bertz CT molecular complexity index is 422. The quantitative estimate of drug-likeness (QED) is 0.806. The van der Waals surface area contributed by atoms with Crippen molar-refractivity contribution in [1.82, 2.24) is 5.32 Å². The molecule has 1 unspecified atom stereocenters. The smallest absolute Gasteiger partial charge is 0.251 e. The van der Waals surface area contributed by atoms with Gasteiger partial charge in [-0.25, -0.2) is 0 Å². The second kappa shape index (κ2) is 7.29. The van der Waals surface area contributed by atoms with Gasteiger partial charge in [0.25, 0.3) is 5.91 Å². The average Bonchev–Trinajstić information content (AvgIpc) is 2.45. The number of hydrogen-bond acceptors (Lipinski definition) is 3. The van der Waals surface area contributed by atoms with Gasteiger partial charge in [0.05, 0.1) is 18.8 Å². The van der Waals surface area contributed by atoms with Crippen molar-refractivity contribution in [2.24, 2.45) is 5.92 Å². The van der Waals surface area contributed by atoms with Gasteiger partial charge < -0.3 is 15.2 Å². The maximum Gasteiger partial charge on any atom is 0.251 e. The number of carbonyl (C=O) groups excluding carboxylic acids is 1. The molecular weight excluding hydrogens is 254 g/mol. The van der Waals surface area contributed by atoms with E-state index >= 15 is 0 Å². The highest BCUT2D eigenvalue weighted by Gasteiger charge is 2.23. The summed E-state index contributed by atoms with van der Waals surface area (Å²) in [5, 5.41) is 12.2. The second-order valence-corrected chi connectivity index (χ2v) is 5.76. The van der Waals surface area contributed by atoms with Crippen molar-refractivity contribution in [1.29, 1.82) is 0 Å². The monoisotopic (exact) mass is 279 g/mol. The summed E-state index contributed by atoms with van der Waals surface area (Å²) in [5.41, 5.74) is -0.0146. The standard InChI is InChI=1S/C16H25NO3/c1-5-16(4,11-18)17-15(19)13-6-8-14(9-7-13)20-10-12(2)3/h6-9,12,18H,5,10-11H2,1-4H3,(H,17,19). The minimum absolute atomic E-state index is 0.0785. The highest BCUT2D eigenvalue weighted by atomic mass is 16.5. The van der Waals surface area contributed by atoms with Crippen LogP contribution in [0.15, 0.2) is 24.3 Å². The van der Waals surface area contributed by atoms with Crippen LogP contribution in [0, 0.1) is 5.92 Å². The third-order valence-corrected chi connectivity index (χ3v) is 3.24. The molecule has 0 bridgehead atoms. The summed E-state index contributed by atoms with van der Waals surface area (Å²) in [7, 11) is 0. The first-order chi connectivity index (χ1) is 9.40. The van der Waals surface area contributed by atoms with E-state index in [1.54, 1.807) is 24.3 Å². The van der Waals surface area contributed by atoms with Gasteiger partial charge in [0.2, 0.25) is 0 Å². The normalized spacial score (nSPS) is 13.9. The van der Waals surface area contributed by atoms with Gasteiger partial charge in [0.1, 0.15) is 5.75 Å². The Morgan fingerprint density at radius 2 is 1.95 bits per heavy atom. The summed E-state index contributed by atoms with van der Waals surface area (Å²) < 4.78 is 5.57. The third kappa shape index (κ3) is 4.85. The van der Waals surface area contributed by atoms with E-state index in [1.165, 1.54) is 0 Å². The molecule has 0 aliphatic heterocycles. The Balaban J connectivity index is 2.66. The number of nitrogens with one attached hydrogen (secondary N) is 1. The van der Waals surface area contributed by atoms with E-state index < -0.39 is 5.54 Å². The molecule has 0 aromatic heterocycles. The lowest BCUT2D eigenvalue weighted by molar-refractivity contribution is 0.0847. The van der Waals surface area contributed by atoms with E-state index in [0.717, 1.165) is 5.75 Å². The Hall–Kier alpha value is -1.55. The summed E-state index contributed by atoms with van der Waals surface area (Å²) in [4.78, 5) is 12.1. The molecule has 0 saturated carbocycles. The number of ether oxygens (including phenoxy) is 1. The van der Waals surface area contributed by atoms with Crippen LogP contribution in [0.1, 0.15) is 44.5 Å². The second-order valence-electron chi connectivity index (χ2n) is 5.76. The topological polar surface area (TPSA) is 58.6 Å². The van der Waals surface area contributed by atoms with Gasteiger partial charge in [0, 0.05) is 5.56 Å². The highest BCUT2D eigenvalue weighted by molar-refractivity contribution is 5.94. The predicted molar refractivity (Wildman–Crippen MR) is 80.0 cm³/mol. The molecule has 0 fully saturated rings. The van der Waals surface area contributed by atoms with E-state index in [9.17, 15) is 9.90 Å². The van der Waals surface area contributed by atoms with Crippen molar-refractivity contribution in [2.75, 3.05) is 13.2 Å². The van der Waals surface area contributed by atoms with Crippen molar-refractivity contribution in [2.45, 2.75) is 39.7 Å². The molecule has 1 atom stereocenters. The van der Waals surface area contributed by atoms with Crippen LogP contribution in [0.25, 0.3) is 0 Å². The summed E-state index contributed by atoms with van der Waals surface area (Å²) in [5.74, 6) is 1.04. The summed E-state index contributed by atoms with van der Waals surface area (Å²) in [6.07, 6.45) is 0.671. The summed E-state index contributed by atoms with van der Waals surface area (Å²) in [6.45, 7) is 8.50. The number of aliphatic hydroxyl groups excluding tert-OH is 1. The SMILES string of the molecule is CCC(C)(CO)NC(=O)c1ccc(OCC(C)C)cc1. The number of rotatable bonds is 7. The minimum atomic E-state index is -0.579. The number of carbonyl (C=O) groups is 1. The molecule has 4 nitrogen and oxygen atoms in total. The molecule has 2 N–H and O–H groups in total. The fourth-order valence-corrected chi connectivity index (χ4v) is 1.55. The fraction of sp³-hybridized carbons (Fsp3) is 0.562. The highest BCUT2D eigenvalue weighted by Crippen LogP contribution is 2.15. The van der Waals surface area contributed by atoms with Gasteiger partial charge in [0.15, 0.2) is 0 Å². The molecule has 4 heteroatoms. The molecular formula is C16H25NO3. The predicted octanol–water partition coefficient (Wildman–Crippen LogP) is 2.61. The van der Waals surface area contributed by atoms with Crippen LogP contribution in [0.3, 0.4) is 0 Å². The average molecular weight is 279 g/mol. The van der Waals surface area contributed by atoms with Gasteiger partial charge in [-0.3, -0.25) is 4.79 Å².